The maximum atomic E-state index is 13.3. The monoisotopic (exact) mass is 270 g/mol. The zero-order chi connectivity index (χ0) is 14.0. The van der Waals surface area contributed by atoms with Crippen LogP contribution in [0.3, 0.4) is 0 Å². The molecule has 0 amide bonds. The van der Waals surface area contributed by atoms with Gasteiger partial charge in [-0.1, -0.05) is 12.1 Å². The molecule has 7 heteroatoms. The van der Waals surface area contributed by atoms with Gasteiger partial charge in [0.2, 0.25) is 17.3 Å². The Bertz CT molecular complexity index is 618. The van der Waals surface area contributed by atoms with Gasteiger partial charge in [-0.2, -0.15) is 8.78 Å². The lowest BCUT2D eigenvalue weighted by Gasteiger charge is -2.02. The number of benzene rings is 2. The number of para-hydroxylation sites is 1. The molecule has 2 aromatic rings. The van der Waals surface area contributed by atoms with Crippen LogP contribution < -0.4 is 0 Å². The summed E-state index contributed by atoms with van der Waals surface area (Å²) in [5, 5.41) is 14.5. The normalized spacial score (nSPS) is 11.7. The van der Waals surface area contributed by atoms with Gasteiger partial charge >= 0.3 is 5.69 Å². The van der Waals surface area contributed by atoms with E-state index in [4.69, 9.17) is 0 Å². The lowest BCUT2D eigenvalue weighted by Crippen LogP contribution is -1.98. The highest BCUT2D eigenvalue weighted by atomic mass is 19.1. The van der Waals surface area contributed by atoms with Crippen molar-refractivity contribution in [2.24, 2.45) is 5.11 Å². The molecule has 0 aliphatic rings. The van der Waals surface area contributed by atoms with Crippen LogP contribution in [0.25, 0.3) is 0 Å². The summed E-state index contributed by atoms with van der Waals surface area (Å²) >= 11 is 0. The Morgan fingerprint density at radius 2 is 1.21 bits per heavy atom. The van der Waals surface area contributed by atoms with E-state index in [9.17, 15) is 22.8 Å². The fourth-order valence-electron chi connectivity index (χ4n) is 1.40. The molecule has 0 saturated carbocycles. The molecule has 0 spiro atoms. The molecule has 0 N–H and O–H groups in total. The second-order valence-electron chi connectivity index (χ2n) is 3.51. The Balaban J connectivity index is 2.55. The lowest BCUT2D eigenvalue weighted by atomic mass is 10.3. The number of hydrogen-bond acceptors (Lipinski definition) is 2. The second-order valence-corrected chi connectivity index (χ2v) is 3.51. The summed E-state index contributed by atoms with van der Waals surface area (Å²) in [5.74, 6) is -4.60. The Labute approximate surface area is 105 Å². The number of hydrogen-bond donors (Lipinski definition) is 0. The van der Waals surface area contributed by atoms with Crippen LogP contribution in [0, 0.1) is 28.5 Å². The van der Waals surface area contributed by atoms with Crippen LogP contribution in [0.4, 0.5) is 28.9 Å². The van der Waals surface area contributed by atoms with Crippen molar-refractivity contribution in [3.8, 4) is 0 Å². The van der Waals surface area contributed by atoms with Gasteiger partial charge in [0.15, 0.2) is 11.6 Å². The summed E-state index contributed by atoms with van der Waals surface area (Å²) in [6.45, 7) is 0. The van der Waals surface area contributed by atoms with E-state index >= 15 is 0 Å². The molecule has 2 aromatic carbocycles. The van der Waals surface area contributed by atoms with Crippen molar-refractivity contribution in [2.45, 2.75) is 0 Å². The minimum atomic E-state index is -1.18. The van der Waals surface area contributed by atoms with Gasteiger partial charge in [-0.05, 0) is 29.1 Å². The van der Waals surface area contributed by atoms with E-state index in [2.05, 4.69) is 5.11 Å². The van der Waals surface area contributed by atoms with E-state index in [1.54, 1.807) is 0 Å². The fraction of sp³-hybridized carbons (Fsp3) is 0. The molecule has 0 bridgehead atoms. The molecule has 0 aromatic heterocycles. The molecular formula is C12H6F4N2O. The largest absolute Gasteiger partial charge is 0.594 e. The Kier molecular flexibility index (Phi) is 3.46. The highest BCUT2D eigenvalue weighted by Crippen LogP contribution is 2.26. The van der Waals surface area contributed by atoms with Gasteiger partial charge in [0.25, 0.3) is 0 Å². The molecule has 3 nitrogen and oxygen atoms in total. The van der Waals surface area contributed by atoms with Crippen molar-refractivity contribution in [3.05, 3.63) is 64.9 Å². The van der Waals surface area contributed by atoms with Crippen molar-refractivity contribution >= 4 is 11.4 Å². The van der Waals surface area contributed by atoms with Gasteiger partial charge in [0.05, 0.1) is 0 Å². The smallest absolute Gasteiger partial charge is 0.315 e. The average Bonchev–Trinajstić information content (AvgIpc) is 2.34. The van der Waals surface area contributed by atoms with E-state index in [1.807, 2.05) is 0 Å². The van der Waals surface area contributed by atoms with Crippen molar-refractivity contribution in [2.75, 3.05) is 0 Å². The predicted molar refractivity (Wildman–Crippen MR) is 58.1 cm³/mol. The van der Waals surface area contributed by atoms with Crippen LogP contribution >= 0.6 is 0 Å². The standard InChI is InChI=1S/C12H6F4N2O/c13-7-3-1-4-8(14)11(7)17-18(19)12-9(15)5-2-6-10(12)16/h1-6H. The number of nitrogens with zero attached hydrogens (tertiary/aromatic N) is 2. The summed E-state index contributed by atoms with van der Waals surface area (Å²) in [6.07, 6.45) is 0. The van der Waals surface area contributed by atoms with Crippen LogP contribution in [-0.2, 0) is 0 Å². The summed E-state index contributed by atoms with van der Waals surface area (Å²) in [4.78, 5) is -0.494. The highest BCUT2D eigenvalue weighted by Gasteiger charge is 2.20. The molecular weight excluding hydrogens is 264 g/mol. The molecule has 2 rings (SSSR count). The summed E-state index contributed by atoms with van der Waals surface area (Å²) in [5.41, 5.74) is -1.95. The number of rotatable bonds is 2. The molecule has 0 radical (unpaired) electrons. The fourth-order valence-corrected chi connectivity index (χ4v) is 1.40. The summed E-state index contributed by atoms with van der Waals surface area (Å²) < 4.78 is 53.0. The van der Waals surface area contributed by atoms with Gasteiger partial charge in [0, 0.05) is 5.11 Å². The SMILES string of the molecule is [O-][N+](=Nc1c(F)cccc1F)c1c(F)cccc1F. The van der Waals surface area contributed by atoms with Gasteiger partial charge in [-0.25, -0.2) is 8.78 Å². The van der Waals surface area contributed by atoms with Gasteiger partial charge in [0.1, 0.15) is 0 Å². The zero-order valence-corrected chi connectivity index (χ0v) is 9.28. The molecule has 0 unspecified atom stereocenters. The topological polar surface area (TPSA) is 38.4 Å². The first-order valence-corrected chi connectivity index (χ1v) is 5.07. The van der Waals surface area contributed by atoms with Crippen molar-refractivity contribution in [1.29, 1.82) is 0 Å². The van der Waals surface area contributed by atoms with Crippen LogP contribution in [0.2, 0.25) is 0 Å². The van der Waals surface area contributed by atoms with Crippen LogP contribution in [0.1, 0.15) is 0 Å². The van der Waals surface area contributed by atoms with Crippen molar-refractivity contribution in [1.82, 2.24) is 0 Å². The average molecular weight is 270 g/mol. The minimum Gasteiger partial charge on any atom is -0.594 e. The van der Waals surface area contributed by atoms with Gasteiger partial charge < -0.3 is 5.21 Å². The Morgan fingerprint density at radius 1 is 0.789 bits per heavy atom. The Hall–Kier alpha value is -2.44. The van der Waals surface area contributed by atoms with E-state index in [1.165, 1.54) is 0 Å². The number of azo groups is 1. The quantitative estimate of drug-likeness (QED) is 0.349. The summed E-state index contributed by atoms with van der Waals surface area (Å²) in [6, 6.07) is 5.52. The van der Waals surface area contributed by atoms with Crippen molar-refractivity contribution in [3.63, 3.8) is 0 Å². The van der Waals surface area contributed by atoms with E-state index < -0.39 is 39.5 Å². The first kappa shape index (κ1) is 13.0. The maximum Gasteiger partial charge on any atom is 0.315 e. The number of halogens is 4. The molecule has 0 heterocycles. The third-order valence-electron chi connectivity index (χ3n) is 2.26. The minimum absolute atomic E-state index is 0.494. The Morgan fingerprint density at radius 3 is 1.68 bits per heavy atom. The van der Waals surface area contributed by atoms with E-state index in [0.717, 1.165) is 36.4 Å². The van der Waals surface area contributed by atoms with Gasteiger partial charge in [-0.15, -0.1) is 0 Å². The van der Waals surface area contributed by atoms with Crippen LogP contribution in [0.5, 0.6) is 0 Å². The van der Waals surface area contributed by atoms with E-state index in [-0.39, 0.29) is 0 Å². The molecule has 0 fully saturated rings. The van der Waals surface area contributed by atoms with Crippen LogP contribution in [-0.4, -0.2) is 4.86 Å². The molecule has 98 valence electrons. The van der Waals surface area contributed by atoms with E-state index in [0.29, 0.717) is 0 Å². The molecule has 0 saturated heterocycles. The molecule has 0 aliphatic heterocycles. The van der Waals surface area contributed by atoms with Gasteiger partial charge in [-0.3, -0.25) is 0 Å². The lowest BCUT2D eigenvalue weighted by molar-refractivity contribution is -0.440. The molecule has 0 aliphatic carbocycles. The maximum absolute atomic E-state index is 13.3. The third kappa shape index (κ3) is 2.54. The first-order valence-electron chi connectivity index (χ1n) is 5.07. The third-order valence-corrected chi connectivity index (χ3v) is 2.26. The second kappa shape index (κ2) is 5.05. The molecule has 19 heavy (non-hydrogen) atoms. The molecule has 0 atom stereocenters. The van der Waals surface area contributed by atoms with Crippen molar-refractivity contribution < 1.29 is 22.4 Å². The predicted octanol–water partition coefficient (Wildman–Crippen LogP) is 4.17. The summed E-state index contributed by atoms with van der Waals surface area (Å²) in [7, 11) is 0. The zero-order valence-electron chi connectivity index (χ0n) is 9.28. The first-order chi connectivity index (χ1) is 9.00. The highest BCUT2D eigenvalue weighted by molar-refractivity contribution is 5.39. The van der Waals surface area contributed by atoms with Crippen LogP contribution in [0.15, 0.2) is 41.5 Å².